The van der Waals surface area contributed by atoms with Crippen molar-refractivity contribution in [2.75, 3.05) is 7.05 Å². The molecule has 0 bridgehead atoms. The first-order valence-corrected chi connectivity index (χ1v) is 6.02. The van der Waals surface area contributed by atoms with E-state index >= 15 is 0 Å². The lowest BCUT2D eigenvalue weighted by molar-refractivity contribution is 0.391. The molecule has 0 radical (unpaired) electrons. The van der Waals surface area contributed by atoms with E-state index < -0.39 is 11.4 Å². The number of rotatable bonds is 3. The normalized spacial score (nSPS) is 13.2. The largest absolute Gasteiger partial charge is 0.403 e. The molecule has 1 aromatic heterocycles. The molecule has 0 unspecified atom stereocenters. The van der Waals surface area contributed by atoms with Gasteiger partial charge >= 0.3 is 0 Å². The Hall–Kier alpha value is -0.890. The Morgan fingerprint density at radius 1 is 1.59 bits per heavy atom. The van der Waals surface area contributed by atoms with Crippen molar-refractivity contribution in [2.24, 2.45) is 5.73 Å². The van der Waals surface area contributed by atoms with E-state index in [2.05, 4.69) is 22.9 Å². The van der Waals surface area contributed by atoms with Gasteiger partial charge in [0.1, 0.15) is 11.3 Å². The zero-order valence-corrected chi connectivity index (χ0v) is 12.2. The van der Waals surface area contributed by atoms with Crippen LogP contribution >= 0.6 is 22.9 Å². The van der Waals surface area contributed by atoms with Crippen LogP contribution in [0.15, 0.2) is 24.5 Å². The summed E-state index contributed by atoms with van der Waals surface area (Å²) in [6.45, 7) is 3.91. The second-order valence-electron chi connectivity index (χ2n) is 4.19. The van der Waals surface area contributed by atoms with Crippen molar-refractivity contribution in [3.8, 4) is 0 Å². The van der Waals surface area contributed by atoms with Crippen LogP contribution in [0.25, 0.3) is 5.70 Å². The molecule has 0 aromatic carbocycles. The van der Waals surface area contributed by atoms with Crippen LogP contribution in [0.3, 0.4) is 0 Å². The van der Waals surface area contributed by atoms with Crippen LogP contribution in [0.2, 0.25) is 0 Å². The lowest BCUT2D eigenvalue weighted by atomic mass is 10.0. The number of hydrogen-bond acceptors (Lipinski definition) is 3. The lowest BCUT2D eigenvalue weighted by Gasteiger charge is -2.34. The Morgan fingerprint density at radius 3 is 2.65 bits per heavy atom. The molecule has 0 saturated heterocycles. The highest BCUT2D eigenvalue weighted by Crippen LogP contribution is 2.27. The molecule has 0 atom stereocenters. The van der Waals surface area contributed by atoms with Crippen LogP contribution in [0.1, 0.15) is 13.8 Å². The van der Waals surface area contributed by atoms with Gasteiger partial charge in [0.15, 0.2) is 0 Å². The molecule has 0 saturated carbocycles. The molecule has 0 spiro atoms. The van der Waals surface area contributed by atoms with Crippen LogP contribution < -0.4 is 11.2 Å². The van der Waals surface area contributed by atoms with Crippen LogP contribution in [-0.4, -0.2) is 20.3 Å². The lowest BCUT2D eigenvalue weighted by Crippen LogP contribution is -2.40. The van der Waals surface area contributed by atoms with Gasteiger partial charge in [-0.25, -0.2) is 7.50 Å². The second-order valence-corrected chi connectivity index (χ2v) is 5.64. The minimum absolute atomic E-state index is 0.189. The number of hydrogen-bond donors (Lipinski definition) is 2. The molecule has 1 rings (SSSR count). The predicted octanol–water partition coefficient (Wildman–Crippen LogP) is 1.92. The molecule has 0 fully saturated rings. The molecule has 4 nitrogen and oxygen atoms in total. The molecule has 6 heteroatoms. The maximum Gasteiger partial charge on any atom is 0.139 e. The zero-order chi connectivity index (χ0) is 13.2. The van der Waals surface area contributed by atoms with E-state index in [0.29, 0.717) is 5.70 Å². The summed E-state index contributed by atoms with van der Waals surface area (Å²) in [6.07, 6.45) is 2.68. The number of nitrogens with zero attached hydrogens (tertiary/aromatic N) is 2. The van der Waals surface area contributed by atoms with E-state index in [-0.39, 0.29) is 5.49 Å². The smallest absolute Gasteiger partial charge is 0.139 e. The first kappa shape index (κ1) is 14.2. The highest BCUT2D eigenvalue weighted by molar-refractivity contribution is 14.1. The van der Waals surface area contributed by atoms with Gasteiger partial charge < -0.3 is 5.73 Å². The molecular formula is C11H16FIN4. The van der Waals surface area contributed by atoms with E-state index in [9.17, 15) is 4.39 Å². The Kier molecular flexibility index (Phi) is 4.31. The van der Waals surface area contributed by atoms with E-state index in [1.807, 2.05) is 24.0 Å². The Bertz CT molecular complexity index is 490. The van der Waals surface area contributed by atoms with Gasteiger partial charge in [0.25, 0.3) is 0 Å². The Morgan fingerprint density at radius 2 is 2.18 bits per heavy atom. The van der Waals surface area contributed by atoms with Crippen LogP contribution in [0.5, 0.6) is 0 Å². The minimum atomic E-state index is -0.413. The highest BCUT2D eigenvalue weighted by Gasteiger charge is 2.28. The molecule has 0 amide bonds. The third-order valence-electron chi connectivity index (χ3n) is 2.73. The van der Waals surface area contributed by atoms with E-state index in [1.165, 1.54) is 29.1 Å². The maximum atomic E-state index is 13.2. The number of halogens is 2. The van der Waals surface area contributed by atoms with Crippen LogP contribution in [0.4, 0.5) is 4.39 Å². The molecule has 17 heavy (non-hydrogen) atoms. The number of nitrogens with two attached hydrogens (primary N) is 1. The van der Waals surface area contributed by atoms with E-state index in [4.69, 9.17) is 11.1 Å². The number of pyridine rings is 1. The van der Waals surface area contributed by atoms with Crippen molar-refractivity contribution < 1.29 is 4.39 Å². The molecular weight excluding hydrogens is 334 g/mol. The van der Waals surface area contributed by atoms with E-state index in [1.54, 1.807) is 0 Å². The maximum absolute atomic E-state index is 13.2. The Balaban J connectivity index is 3.39. The van der Waals surface area contributed by atoms with Gasteiger partial charge in [-0.3, -0.25) is 9.98 Å². The number of aromatic nitrogens is 1. The van der Waals surface area contributed by atoms with Crippen LogP contribution in [-0.2, 0) is 0 Å². The first-order valence-electron chi connectivity index (χ1n) is 5.06. The summed E-state index contributed by atoms with van der Waals surface area (Å²) in [7, 11) is 1.90. The van der Waals surface area contributed by atoms with Crippen molar-refractivity contribution in [3.05, 3.63) is 35.8 Å². The molecule has 0 aliphatic carbocycles. The molecule has 1 heterocycles. The average molecular weight is 350 g/mol. The van der Waals surface area contributed by atoms with Gasteiger partial charge in [0, 0.05) is 35.3 Å². The average Bonchev–Trinajstić information content (AvgIpc) is 2.23. The fourth-order valence-corrected chi connectivity index (χ4v) is 1.66. The van der Waals surface area contributed by atoms with Crippen molar-refractivity contribution in [1.29, 1.82) is 5.41 Å². The summed E-state index contributed by atoms with van der Waals surface area (Å²) in [4.78, 5) is 0. The van der Waals surface area contributed by atoms with Gasteiger partial charge in [-0.15, -0.1) is 0 Å². The third-order valence-corrected chi connectivity index (χ3v) is 3.93. The zero-order valence-electron chi connectivity index (χ0n) is 10.0. The minimum Gasteiger partial charge on any atom is -0.403 e. The van der Waals surface area contributed by atoms with Gasteiger partial charge in [0.05, 0.1) is 11.2 Å². The van der Waals surface area contributed by atoms with Crippen molar-refractivity contribution in [2.45, 2.75) is 19.4 Å². The standard InChI is InChI=1S/C11H16FIN4/c1-11(2,16(3)13)9(6-14)17-7-8(12)4-5-10(17)15/h4-7,15H,14H2,1-3H3/b9-6+,15-10?. The van der Waals surface area contributed by atoms with Gasteiger partial charge in [-0.2, -0.15) is 0 Å². The molecule has 94 valence electrons. The number of nitrogens with one attached hydrogen (secondary N) is 1. The predicted molar refractivity (Wildman–Crippen MR) is 74.6 cm³/mol. The highest BCUT2D eigenvalue weighted by atomic mass is 127. The summed E-state index contributed by atoms with van der Waals surface area (Å²) < 4.78 is 16.6. The second kappa shape index (κ2) is 5.18. The first-order chi connectivity index (χ1) is 7.80. The molecule has 3 N–H and O–H groups in total. The van der Waals surface area contributed by atoms with Gasteiger partial charge in [-0.05, 0) is 33.0 Å². The quantitative estimate of drug-likeness (QED) is 0.647. The number of likely N-dealkylation sites (N-methyl/N-ethyl adjacent to an activating group) is 1. The monoisotopic (exact) mass is 350 g/mol. The summed E-state index contributed by atoms with van der Waals surface area (Å²) in [5, 5.41) is 7.80. The van der Waals surface area contributed by atoms with Crippen molar-refractivity contribution in [3.63, 3.8) is 0 Å². The molecule has 0 aliphatic rings. The summed E-state index contributed by atoms with van der Waals surface area (Å²) >= 11 is 2.14. The van der Waals surface area contributed by atoms with Gasteiger partial charge in [-0.1, -0.05) is 0 Å². The summed E-state index contributed by atoms with van der Waals surface area (Å²) in [6, 6.07) is 2.66. The van der Waals surface area contributed by atoms with Crippen molar-refractivity contribution in [1.82, 2.24) is 7.68 Å². The molecule has 0 aliphatic heterocycles. The molecule has 1 aromatic rings. The SMILES string of the molecule is CN(I)C(C)(C)/C(=C\N)n1cc(F)ccc1=N. The summed E-state index contributed by atoms with van der Waals surface area (Å²) in [5.74, 6) is -0.396. The van der Waals surface area contributed by atoms with Crippen LogP contribution in [0, 0.1) is 11.2 Å². The van der Waals surface area contributed by atoms with Gasteiger partial charge in [0.2, 0.25) is 0 Å². The summed E-state index contributed by atoms with van der Waals surface area (Å²) in [5.41, 5.74) is 6.06. The topological polar surface area (TPSA) is 58.0 Å². The fraction of sp³-hybridized carbons (Fsp3) is 0.364. The van der Waals surface area contributed by atoms with Crippen molar-refractivity contribution >= 4 is 28.6 Å². The Labute approximate surface area is 114 Å². The fourth-order valence-electron chi connectivity index (χ4n) is 1.41. The third kappa shape index (κ3) is 2.86. The van der Waals surface area contributed by atoms with E-state index in [0.717, 1.165) is 0 Å².